The van der Waals surface area contributed by atoms with Gasteiger partial charge in [0.1, 0.15) is 5.75 Å². The van der Waals surface area contributed by atoms with Crippen LogP contribution < -0.4 is 10.1 Å². The molecule has 1 unspecified atom stereocenters. The van der Waals surface area contributed by atoms with E-state index in [1.165, 1.54) is 12.1 Å². The van der Waals surface area contributed by atoms with Crippen LogP contribution in [0, 0.1) is 0 Å². The smallest absolute Gasteiger partial charge is 0.387 e. The van der Waals surface area contributed by atoms with E-state index in [4.69, 9.17) is 5.11 Å². The van der Waals surface area contributed by atoms with Gasteiger partial charge in [0, 0.05) is 13.0 Å². The summed E-state index contributed by atoms with van der Waals surface area (Å²) in [6.45, 7) is -0.729. The van der Waals surface area contributed by atoms with Gasteiger partial charge in [-0.3, -0.25) is 4.79 Å². The third-order valence-corrected chi connectivity index (χ3v) is 2.67. The van der Waals surface area contributed by atoms with Crippen molar-refractivity contribution in [1.29, 1.82) is 0 Å². The van der Waals surface area contributed by atoms with Crippen molar-refractivity contribution in [2.45, 2.75) is 38.9 Å². The van der Waals surface area contributed by atoms with E-state index >= 15 is 0 Å². The van der Waals surface area contributed by atoms with E-state index in [2.05, 4.69) is 10.1 Å². The van der Waals surface area contributed by atoms with Crippen molar-refractivity contribution in [2.75, 3.05) is 6.54 Å². The number of carbonyl (C=O) groups excluding carboxylic acids is 1. The Labute approximate surface area is 116 Å². The van der Waals surface area contributed by atoms with Crippen LogP contribution in [0.3, 0.4) is 0 Å². The van der Waals surface area contributed by atoms with Crippen LogP contribution in [0.25, 0.3) is 0 Å². The molecule has 2 N–H and O–H groups in total. The lowest BCUT2D eigenvalue weighted by atomic mass is 10.1. The Morgan fingerprint density at radius 3 is 2.55 bits per heavy atom. The van der Waals surface area contributed by atoms with E-state index in [0.29, 0.717) is 25.8 Å². The fourth-order valence-corrected chi connectivity index (χ4v) is 1.60. The van der Waals surface area contributed by atoms with Crippen molar-refractivity contribution >= 4 is 5.91 Å². The average Bonchev–Trinajstić information content (AvgIpc) is 2.37. The molecule has 1 amide bonds. The number of carbonyl (C=O) groups is 1. The molecular weight excluding hydrogens is 268 g/mol. The maximum absolute atomic E-state index is 12.0. The van der Waals surface area contributed by atoms with E-state index in [-0.39, 0.29) is 11.7 Å². The predicted molar refractivity (Wildman–Crippen MR) is 70.7 cm³/mol. The Kier molecular flexibility index (Phi) is 6.93. The monoisotopic (exact) mass is 287 g/mol. The van der Waals surface area contributed by atoms with E-state index < -0.39 is 12.7 Å². The lowest BCUT2D eigenvalue weighted by Crippen LogP contribution is -2.26. The second kappa shape index (κ2) is 8.47. The minimum Gasteiger partial charge on any atom is -0.435 e. The fraction of sp³-hybridized carbons (Fsp3) is 0.500. The lowest BCUT2D eigenvalue weighted by Gasteiger charge is -2.07. The van der Waals surface area contributed by atoms with Gasteiger partial charge in [0.2, 0.25) is 5.91 Å². The van der Waals surface area contributed by atoms with Crippen LogP contribution in [0.4, 0.5) is 8.78 Å². The van der Waals surface area contributed by atoms with Crippen molar-refractivity contribution in [2.24, 2.45) is 0 Å². The molecule has 0 fully saturated rings. The Morgan fingerprint density at radius 1 is 1.35 bits per heavy atom. The molecule has 0 aliphatic heterocycles. The summed E-state index contributed by atoms with van der Waals surface area (Å²) in [5, 5.41) is 11.7. The van der Waals surface area contributed by atoms with Crippen molar-refractivity contribution in [1.82, 2.24) is 5.32 Å². The van der Waals surface area contributed by atoms with Gasteiger partial charge in [-0.05, 0) is 37.5 Å². The summed E-state index contributed by atoms with van der Waals surface area (Å²) in [6.07, 6.45) is 0.924. The van der Waals surface area contributed by atoms with Crippen molar-refractivity contribution in [3.8, 4) is 5.75 Å². The molecule has 1 aromatic rings. The average molecular weight is 287 g/mol. The molecule has 0 heterocycles. The quantitative estimate of drug-likeness (QED) is 0.770. The van der Waals surface area contributed by atoms with Crippen LogP contribution in [-0.4, -0.2) is 30.3 Å². The molecular formula is C14H19F2NO3. The molecule has 20 heavy (non-hydrogen) atoms. The molecule has 0 bridgehead atoms. The molecule has 1 rings (SSSR count). The second-order valence-electron chi connectivity index (χ2n) is 4.51. The molecule has 112 valence electrons. The molecule has 0 saturated carbocycles. The van der Waals surface area contributed by atoms with Crippen LogP contribution in [-0.2, 0) is 11.2 Å². The van der Waals surface area contributed by atoms with Gasteiger partial charge in [-0.2, -0.15) is 8.78 Å². The SMILES string of the molecule is CC(O)CCNC(=O)CCc1ccc(OC(F)F)cc1. The second-order valence-corrected chi connectivity index (χ2v) is 4.51. The topological polar surface area (TPSA) is 58.6 Å². The summed E-state index contributed by atoms with van der Waals surface area (Å²) < 4.78 is 28.1. The van der Waals surface area contributed by atoms with Gasteiger partial charge in [0.25, 0.3) is 0 Å². The van der Waals surface area contributed by atoms with Crippen LogP contribution >= 0.6 is 0 Å². The molecule has 0 aliphatic carbocycles. The molecule has 0 aliphatic rings. The fourth-order valence-electron chi connectivity index (χ4n) is 1.60. The van der Waals surface area contributed by atoms with Gasteiger partial charge in [-0.1, -0.05) is 12.1 Å². The Bertz CT molecular complexity index is 407. The number of aryl methyl sites for hydroxylation is 1. The Balaban J connectivity index is 2.29. The third kappa shape index (κ3) is 7.04. The summed E-state index contributed by atoms with van der Waals surface area (Å²) in [4.78, 5) is 11.5. The molecule has 0 spiro atoms. The summed E-state index contributed by atoms with van der Waals surface area (Å²) in [7, 11) is 0. The molecule has 1 atom stereocenters. The standard InChI is InChI=1S/C14H19F2NO3/c1-10(18)8-9-17-13(19)7-4-11-2-5-12(6-3-11)20-14(15)16/h2-3,5-6,10,14,18H,4,7-9H2,1H3,(H,17,19). The molecule has 4 nitrogen and oxygen atoms in total. The van der Waals surface area contributed by atoms with Crippen LogP contribution in [0.5, 0.6) is 5.75 Å². The molecule has 0 aromatic heterocycles. The van der Waals surface area contributed by atoms with Crippen molar-refractivity contribution in [3.63, 3.8) is 0 Å². The largest absolute Gasteiger partial charge is 0.435 e. The highest BCUT2D eigenvalue weighted by molar-refractivity contribution is 5.76. The normalized spacial score (nSPS) is 12.2. The summed E-state index contributed by atoms with van der Waals surface area (Å²) in [6, 6.07) is 6.21. The van der Waals surface area contributed by atoms with E-state index in [1.807, 2.05) is 0 Å². The van der Waals surface area contributed by atoms with Crippen LogP contribution in [0.2, 0.25) is 0 Å². The molecule has 1 aromatic carbocycles. The minimum atomic E-state index is -2.83. The first-order valence-electron chi connectivity index (χ1n) is 6.46. The number of rotatable bonds is 8. The van der Waals surface area contributed by atoms with Crippen LogP contribution in [0.1, 0.15) is 25.3 Å². The number of benzene rings is 1. The highest BCUT2D eigenvalue weighted by Gasteiger charge is 2.05. The highest BCUT2D eigenvalue weighted by Crippen LogP contribution is 2.15. The van der Waals surface area contributed by atoms with E-state index in [9.17, 15) is 13.6 Å². The van der Waals surface area contributed by atoms with Gasteiger partial charge >= 0.3 is 6.61 Å². The number of hydrogen-bond acceptors (Lipinski definition) is 3. The number of alkyl halides is 2. The van der Waals surface area contributed by atoms with Gasteiger partial charge in [-0.15, -0.1) is 0 Å². The van der Waals surface area contributed by atoms with Gasteiger partial charge in [0.05, 0.1) is 6.10 Å². The van der Waals surface area contributed by atoms with E-state index in [0.717, 1.165) is 5.56 Å². The number of amides is 1. The van der Waals surface area contributed by atoms with Crippen molar-refractivity contribution < 1.29 is 23.4 Å². The zero-order valence-electron chi connectivity index (χ0n) is 11.3. The summed E-state index contributed by atoms with van der Waals surface area (Å²) >= 11 is 0. The Morgan fingerprint density at radius 2 is 2.00 bits per heavy atom. The first-order chi connectivity index (χ1) is 9.47. The third-order valence-electron chi connectivity index (χ3n) is 2.67. The van der Waals surface area contributed by atoms with Crippen LogP contribution in [0.15, 0.2) is 24.3 Å². The lowest BCUT2D eigenvalue weighted by molar-refractivity contribution is -0.121. The number of ether oxygens (including phenoxy) is 1. The molecule has 0 radical (unpaired) electrons. The van der Waals surface area contributed by atoms with Gasteiger partial charge in [0.15, 0.2) is 0 Å². The van der Waals surface area contributed by atoms with Gasteiger partial charge in [-0.25, -0.2) is 0 Å². The predicted octanol–water partition coefficient (Wildman–Crippen LogP) is 2.11. The first kappa shape index (κ1) is 16.4. The zero-order chi connectivity index (χ0) is 15.0. The van der Waals surface area contributed by atoms with Crippen molar-refractivity contribution in [3.05, 3.63) is 29.8 Å². The van der Waals surface area contributed by atoms with Gasteiger partial charge < -0.3 is 15.2 Å². The molecule has 6 heteroatoms. The minimum absolute atomic E-state index is 0.0986. The highest BCUT2D eigenvalue weighted by atomic mass is 19.3. The number of halogens is 2. The summed E-state index contributed by atoms with van der Waals surface area (Å²) in [5.74, 6) is 0.00342. The summed E-state index contributed by atoms with van der Waals surface area (Å²) in [5.41, 5.74) is 0.872. The number of aliphatic hydroxyl groups is 1. The maximum atomic E-state index is 12.0. The first-order valence-corrected chi connectivity index (χ1v) is 6.46. The number of nitrogens with one attached hydrogen (secondary N) is 1. The number of aliphatic hydroxyl groups excluding tert-OH is 1. The molecule has 0 saturated heterocycles. The maximum Gasteiger partial charge on any atom is 0.387 e. The zero-order valence-corrected chi connectivity index (χ0v) is 11.3. The number of hydrogen-bond donors (Lipinski definition) is 2. The Hall–Kier alpha value is -1.69. The van der Waals surface area contributed by atoms with E-state index in [1.54, 1.807) is 19.1 Å².